The summed E-state index contributed by atoms with van der Waals surface area (Å²) >= 11 is 6.42. The van der Waals surface area contributed by atoms with E-state index >= 15 is 0 Å². The first-order chi connectivity index (χ1) is 10.8. The first-order valence-electron chi connectivity index (χ1n) is 7.55. The number of rotatable bonds is 2. The Morgan fingerprint density at radius 1 is 0.955 bits per heavy atom. The fourth-order valence-corrected chi connectivity index (χ4v) is 3.17. The van der Waals surface area contributed by atoms with Gasteiger partial charge in [0.15, 0.2) is 16.6 Å². The highest BCUT2D eigenvalue weighted by Crippen LogP contribution is 2.28. The number of fused-ring (bicyclic) bond motifs is 1. The predicted octanol–water partition coefficient (Wildman–Crippen LogP) is 3.44. The lowest BCUT2D eigenvalue weighted by Gasteiger charge is -2.28. The molecular weight excluding hydrogens is 298 g/mol. The number of anilines is 1. The van der Waals surface area contributed by atoms with Crippen LogP contribution in [0.4, 0.5) is 5.69 Å². The molecule has 0 amide bonds. The summed E-state index contributed by atoms with van der Waals surface area (Å²) in [4.78, 5) is 2.29. The third-order valence-electron chi connectivity index (χ3n) is 4.06. The van der Waals surface area contributed by atoms with Crippen molar-refractivity contribution in [3.05, 3.63) is 41.6 Å². The minimum atomic E-state index is 0.506. The van der Waals surface area contributed by atoms with Gasteiger partial charge in [-0.25, -0.2) is 0 Å². The molecule has 5 nitrogen and oxygen atoms in total. The first kappa shape index (κ1) is 13.5. The molecule has 0 bridgehead atoms. The highest BCUT2D eigenvalue weighted by Gasteiger charge is 2.18. The minimum Gasteiger partial charge on any atom is -0.369 e. The molecule has 1 aromatic carbocycles. The Kier molecular flexibility index (Phi) is 3.42. The normalized spacial score (nSPS) is 15.4. The summed E-state index contributed by atoms with van der Waals surface area (Å²) < 4.78 is 1.71. The molecule has 0 spiro atoms. The summed E-state index contributed by atoms with van der Waals surface area (Å²) in [5.41, 5.74) is 2.66. The van der Waals surface area contributed by atoms with E-state index in [0.717, 1.165) is 30.0 Å². The van der Waals surface area contributed by atoms with Crippen LogP contribution in [0.5, 0.6) is 0 Å². The lowest BCUT2D eigenvalue weighted by atomic mass is 10.1. The molecule has 4 rings (SSSR count). The molecule has 112 valence electrons. The van der Waals surface area contributed by atoms with E-state index in [0.29, 0.717) is 11.0 Å². The molecule has 2 aromatic heterocycles. The van der Waals surface area contributed by atoms with Crippen molar-refractivity contribution in [2.24, 2.45) is 0 Å². The van der Waals surface area contributed by atoms with E-state index in [2.05, 4.69) is 20.2 Å². The number of piperidine rings is 1. The smallest absolute Gasteiger partial charge is 0.185 e. The molecule has 1 aliphatic rings. The van der Waals surface area contributed by atoms with Crippen molar-refractivity contribution in [2.45, 2.75) is 19.3 Å². The van der Waals surface area contributed by atoms with Crippen LogP contribution in [0.1, 0.15) is 19.3 Å². The summed E-state index contributed by atoms with van der Waals surface area (Å²) in [6.45, 7) is 2.05. The Morgan fingerprint density at radius 3 is 2.50 bits per heavy atom. The zero-order valence-corrected chi connectivity index (χ0v) is 12.9. The maximum Gasteiger partial charge on any atom is 0.185 e. The van der Waals surface area contributed by atoms with Gasteiger partial charge in [0.1, 0.15) is 0 Å². The van der Waals surface area contributed by atoms with Gasteiger partial charge in [-0.3, -0.25) is 0 Å². The summed E-state index contributed by atoms with van der Waals surface area (Å²) in [5.74, 6) is 0.711. The van der Waals surface area contributed by atoms with Crippen molar-refractivity contribution < 1.29 is 0 Å². The van der Waals surface area contributed by atoms with E-state index in [9.17, 15) is 0 Å². The van der Waals surface area contributed by atoms with Crippen LogP contribution in [0.3, 0.4) is 0 Å². The Labute approximate surface area is 133 Å². The van der Waals surface area contributed by atoms with Gasteiger partial charge in [-0.05, 0) is 19.3 Å². The third kappa shape index (κ3) is 2.31. The summed E-state index contributed by atoms with van der Waals surface area (Å²) in [6.07, 6.45) is 3.68. The average Bonchev–Trinajstić information content (AvgIpc) is 2.98. The van der Waals surface area contributed by atoms with Crippen LogP contribution in [0, 0.1) is 0 Å². The summed E-state index contributed by atoms with van der Waals surface area (Å²) in [5, 5.41) is 13.5. The zero-order chi connectivity index (χ0) is 14.9. The summed E-state index contributed by atoms with van der Waals surface area (Å²) in [7, 11) is 0. The number of aromatic nitrogens is 4. The van der Waals surface area contributed by atoms with E-state index in [1.54, 1.807) is 4.52 Å². The second-order valence-electron chi connectivity index (χ2n) is 5.53. The van der Waals surface area contributed by atoms with Gasteiger partial charge in [0.2, 0.25) is 0 Å². The highest BCUT2D eigenvalue weighted by atomic mass is 35.5. The molecule has 0 atom stereocenters. The highest BCUT2D eigenvalue weighted by molar-refractivity contribution is 6.32. The number of benzene rings is 1. The van der Waals surface area contributed by atoms with Crippen molar-refractivity contribution in [3.8, 4) is 11.4 Å². The molecule has 0 radical (unpaired) electrons. The van der Waals surface area contributed by atoms with E-state index in [1.165, 1.54) is 19.3 Å². The fourth-order valence-electron chi connectivity index (χ4n) is 2.93. The van der Waals surface area contributed by atoms with Gasteiger partial charge in [0.25, 0.3) is 0 Å². The van der Waals surface area contributed by atoms with Crippen LogP contribution in [-0.2, 0) is 0 Å². The SMILES string of the molecule is Clc1nn2c(-c3ccccc3)nnc2cc1N1CCCCC1. The molecule has 6 heteroatoms. The number of halogens is 1. The standard InChI is InChI=1S/C16H16ClN5/c17-15-13(21-9-5-2-6-10-21)11-14-18-19-16(22(14)20-15)12-7-3-1-4-8-12/h1,3-4,7-8,11H,2,5-6,9-10H2. The number of nitrogens with zero attached hydrogens (tertiary/aromatic N) is 5. The second-order valence-corrected chi connectivity index (χ2v) is 5.89. The largest absolute Gasteiger partial charge is 0.369 e. The van der Waals surface area contributed by atoms with Crippen LogP contribution in [0.15, 0.2) is 36.4 Å². The van der Waals surface area contributed by atoms with Crippen LogP contribution in [-0.4, -0.2) is 32.9 Å². The monoisotopic (exact) mass is 313 g/mol. The molecule has 3 heterocycles. The van der Waals surface area contributed by atoms with E-state index in [1.807, 2.05) is 36.4 Å². The molecule has 22 heavy (non-hydrogen) atoms. The van der Waals surface area contributed by atoms with Crippen LogP contribution >= 0.6 is 11.6 Å². The third-order valence-corrected chi connectivity index (χ3v) is 4.33. The Morgan fingerprint density at radius 2 is 1.73 bits per heavy atom. The lowest BCUT2D eigenvalue weighted by molar-refractivity contribution is 0.577. The maximum absolute atomic E-state index is 6.42. The number of hydrogen-bond acceptors (Lipinski definition) is 4. The molecule has 3 aromatic rings. The van der Waals surface area contributed by atoms with E-state index in [4.69, 9.17) is 11.6 Å². The zero-order valence-electron chi connectivity index (χ0n) is 12.1. The Balaban J connectivity index is 1.80. The first-order valence-corrected chi connectivity index (χ1v) is 7.93. The van der Waals surface area contributed by atoms with Crippen LogP contribution < -0.4 is 4.90 Å². The van der Waals surface area contributed by atoms with Crippen molar-refractivity contribution in [1.82, 2.24) is 19.8 Å². The number of hydrogen-bond donors (Lipinski definition) is 0. The Hall–Kier alpha value is -2.14. The van der Waals surface area contributed by atoms with E-state index in [-0.39, 0.29) is 0 Å². The quantitative estimate of drug-likeness (QED) is 0.727. The molecule has 0 aliphatic carbocycles. The topological polar surface area (TPSA) is 46.3 Å². The van der Waals surface area contributed by atoms with Gasteiger partial charge in [-0.1, -0.05) is 41.9 Å². The predicted molar refractivity (Wildman–Crippen MR) is 87.3 cm³/mol. The van der Waals surface area contributed by atoms with Crippen LogP contribution in [0.25, 0.3) is 17.0 Å². The van der Waals surface area contributed by atoms with Gasteiger partial charge in [0.05, 0.1) is 5.69 Å². The van der Waals surface area contributed by atoms with Crippen molar-refractivity contribution in [2.75, 3.05) is 18.0 Å². The molecule has 1 saturated heterocycles. The van der Waals surface area contributed by atoms with Gasteiger partial charge in [-0.2, -0.15) is 9.61 Å². The Bertz CT molecular complexity index is 793. The fraction of sp³-hybridized carbons (Fsp3) is 0.312. The van der Waals surface area contributed by atoms with E-state index < -0.39 is 0 Å². The van der Waals surface area contributed by atoms with Gasteiger partial charge in [-0.15, -0.1) is 10.2 Å². The minimum absolute atomic E-state index is 0.506. The molecule has 0 saturated carbocycles. The van der Waals surface area contributed by atoms with Gasteiger partial charge < -0.3 is 4.90 Å². The molecule has 0 N–H and O–H groups in total. The second kappa shape index (κ2) is 5.57. The molecule has 1 aliphatic heterocycles. The van der Waals surface area contributed by atoms with Crippen molar-refractivity contribution in [3.63, 3.8) is 0 Å². The summed E-state index contributed by atoms with van der Waals surface area (Å²) in [6, 6.07) is 11.9. The molecule has 0 unspecified atom stereocenters. The lowest BCUT2D eigenvalue weighted by Crippen LogP contribution is -2.30. The van der Waals surface area contributed by atoms with Crippen molar-refractivity contribution in [1.29, 1.82) is 0 Å². The average molecular weight is 314 g/mol. The molecular formula is C16H16ClN5. The van der Waals surface area contributed by atoms with Gasteiger partial charge >= 0.3 is 0 Å². The molecule has 1 fully saturated rings. The van der Waals surface area contributed by atoms with Crippen LogP contribution in [0.2, 0.25) is 5.15 Å². The van der Waals surface area contributed by atoms with Crippen molar-refractivity contribution >= 4 is 22.9 Å². The maximum atomic E-state index is 6.42. The van der Waals surface area contributed by atoms with Gasteiger partial charge in [0, 0.05) is 24.7 Å².